The van der Waals surface area contributed by atoms with E-state index in [0.29, 0.717) is 12.0 Å². The maximum Gasteiger partial charge on any atom is 0.190 e. The van der Waals surface area contributed by atoms with E-state index in [9.17, 15) is 8.78 Å². The first-order chi connectivity index (χ1) is 7.58. The highest BCUT2D eigenvalue weighted by atomic mass is 19.1. The van der Waals surface area contributed by atoms with Crippen LogP contribution in [0.3, 0.4) is 0 Å². The Hall–Kier alpha value is -1.16. The van der Waals surface area contributed by atoms with Crippen LogP contribution >= 0.6 is 0 Å². The molecular formula is C12H17F2NO. The SMILES string of the molecule is CCOc1c(F)cc(CC(N)CC)cc1F. The highest BCUT2D eigenvalue weighted by Gasteiger charge is 2.13. The van der Waals surface area contributed by atoms with E-state index >= 15 is 0 Å². The van der Waals surface area contributed by atoms with Crippen molar-refractivity contribution in [2.24, 2.45) is 5.73 Å². The second-order valence-electron chi connectivity index (χ2n) is 3.69. The molecule has 90 valence electrons. The molecule has 0 radical (unpaired) electrons. The maximum absolute atomic E-state index is 13.4. The third-order valence-electron chi connectivity index (χ3n) is 2.37. The molecule has 16 heavy (non-hydrogen) atoms. The Morgan fingerprint density at radius 3 is 2.25 bits per heavy atom. The zero-order valence-corrected chi connectivity index (χ0v) is 9.59. The fourth-order valence-electron chi connectivity index (χ4n) is 1.46. The molecule has 2 N–H and O–H groups in total. The molecule has 0 aliphatic carbocycles. The maximum atomic E-state index is 13.4. The Bertz CT molecular complexity index is 332. The van der Waals surface area contributed by atoms with E-state index in [-0.39, 0.29) is 18.4 Å². The lowest BCUT2D eigenvalue weighted by Gasteiger charge is -2.11. The van der Waals surface area contributed by atoms with Gasteiger partial charge in [-0.1, -0.05) is 6.92 Å². The summed E-state index contributed by atoms with van der Waals surface area (Å²) in [6, 6.07) is 2.49. The van der Waals surface area contributed by atoms with Gasteiger partial charge in [-0.3, -0.25) is 0 Å². The van der Waals surface area contributed by atoms with E-state index < -0.39 is 11.6 Å². The Morgan fingerprint density at radius 1 is 1.25 bits per heavy atom. The van der Waals surface area contributed by atoms with Crippen molar-refractivity contribution >= 4 is 0 Å². The van der Waals surface area contributed by atoms with Gasteiger partial charge in [0.25, 0.3) is 0 Å². The summed E-state index contributed by atoms with van der Waals surface area (Å²) in [5.41, 5.74) is 6.29. The summed E-state index contributed by atoms with van der Waals surface area (Å²) in [6.07, 6.45) is 1.24. The molecule has 1 rings (SSSR count). The van der Waals surface area contributed by atoms with Crippen LogP contribution < -0.4 is 10.5 Å². The number of nitrogens with two attached hydrogens (primary N) is 1. The zero-order chi connectivity index (χ0) is 12.1. The number of benzene rings is 1. The van der Waals surface area contributed by atoms with E-state index in [1.54, 1.807) is 6.92 Å². The van der Waals surface area contributed by atoms with E-state index in [1.165, 1.54) is 12.1 Å². The third-order valence-corrected chi connectivity index (χ3v) is 2.37. The summed E-state index contributed by atoms with van der Waals surface area (Å²) in [4.78, 5) is 0. The van der Waals surface area contributed by atoms with Crippen molar-refractivity contribution in [1.29, 1.82) is 0 Å². The van der Waals surface area contributed by atoms with Crippen molar-refractivity contribution in [1.82, 2.24) is 0 Å². The smallest absolute Gasteiger partial charge is 0.190 e. The van der Waals surface area contributed by atoms with Gasteiger partial charge in [0.1, 0.15) is 0 Å². The van der Waals surface area contributed by atoms with Crippen LogP contribution in [0.5, 0.6) is 5.75 Å². The summed E-state index contributed by atoms with van der Waals surface area (Å²) in [7, 11) is 0. The molecule has 2 nitrogen and oxygen atoms in total. The first-order valence-corrected chi connectivity index (χ1v) is 5.44. The quantitative estimate of drug-likeness (QED) is 0.842. The number of hydrogen-bond donors (Lipinski definition) is 1. The summed E-state index contributed by atoms with van der Waals surface area (Å²) < 4.78 is 31.8. The van der Waals surface area contributed by atoms with Gasteiger partial charge in [0.15, 0.2) is 17.4 Å². The second-order valence-corrected chi connectivity index (χ2v) is 3.69. The van der Waals surface area contributed by atoms with Crippen molar-refractivity contribution in [3.63, 3.8) is 0 Å². The van der Waals surface area contributed by atoms with Crippen molar-refractivity contribution in [2.75, 3.05) is 6.61 Å². The summed E-state index contributed by atoms with van der Waals surface area (Å²) >= 11 is 0. The third kappa shape index (κ3) is 3.17. The van der Waals surface area contributed by atoms with Crippen LogP contribution in [-0.4, -0.2) is 12.6 Å². The lowest BCUT2D eigenvalue weighted by Crippen LogP contribution is -2.21. The fraction of sp³-hybridized carbons (Fsp3) is 0.500. The molecule has 1 unspecified atom stereocenters. The molecule has 0 bridgehead atoms. The molecule has 1 aromatic carbocycles. The van der Waals surface area contributed by atoms with Crippen LogP contribution in [0.4, 0.5) is 8.78 Å². The second kappa shape index (κ2) is 5.80. The molecule has 0 saturated carbocycles. The molecular weight excluding hydrogens is 212 g/mol. The number of ether oxygens (including phenoxy) is 1. The molecule has 0 aromatic heterocycles. The van der Waals surface area contributed by atoms with Gasteiger partial charge in [0.05, 0.1) is 6.61 Å². The molecule has 1 aromatic rings. The Morgan fingerprint density at radius 2 is 1.81 bits per heavy atom. The standard InChI is InChI=1S/C12H17F2NO/c1-3-9(15)5-8-6-10(13)12(16-4-2)11(14)7-8/h6-7,9H,3-5,15H2,1-2H3. The average Bonchev–Trinajstić information content (AvgIpc) is 2.23. The number of halogens is 2. The van der Waals surface area contributed by atoms with E-state index in [1.807, 2.05) is 6.92 Å². The average molecular weight is 229 g/mol. The number of hydrogen-bond acceptors (Lipinski definition) is 2. The Balaban J connectivity index is 2.91. The van der Waals surface area contributed by atoms with Gasteiger partial charge in [-0.15, -0.1) is 0 Å². The zero-order valence-electron chi connectivity index (χ0n) is 9.59. The van der Waals surface area contributed by atoms with Gasteiger partial charge in [-0.05, 0) is 37.5 Å². The highest BCUT2D eigenvalue weighted by Crippen LogP contribution is 2.23. The molecule has 0 aliphatic rings. The van der Waals surface area contributed by atoms with E-state index in [2.05, 4.69) is 0 Å². The molecule has 0 fully saturated rings. The summed E-state index contributed by atoms with van der Waals surface area (Å²) in [6.45, 7) is 3.85. The first-order valence-electron chi connectivity index (χ1n) is 5.44. The molecule has 0 amide bonds. The monoisotopic (exact) mass is 229 g/mol. The molecule has 0 saturated heterocycles. The van der Waals surface area contributed by atoms with Crippen LogP contribution in [-0.2, 0) is 6.42 Å². The van der Waals surface area contributed by atoms with Crippen molar-refractivity contribution in [3.8, 4) is 5.75 Å². The molecule has 1 atom stereocenters. The highest BCUT2D eigenvalue weighted by molar-refractivity contribution is 5.31. The van der Waals surface area contributed by atoms with Gasteiger partial charge in [0, 0.05) is 6.04 Å². The van der Waals surface area contributed by atoms with Crippen LogP contribution in [0, 0.1) is 11.6 Å². The largest absolute Gasteiger partial charge is 0.488 e. The fourth-order valence-corrected chi connectivity index (χ4v) is 1.46. The van der Waals surface area contributed by atoms with E-state index in [4.69, 9.17) is 10.5 Å². The number of rotatable bonds is 5. The molecule has 0 heterocycles. The lowest BCUT2D eigenvalue weighted by atomic mass is 10.0. The lowest BCUT2D eigenvalue weighted by molar-refractivity contribution is 0.302. The van der Waals surface area contributed by atoms with E-state index in [0.717, 1.165) is 6.42 Å². The minimum absolute atomic E-state index is 0.0725. The predicted molar refractivity (Wildman–Crippen MR) is 59.5 cm³/mol. The van der Waals surface area contributed by atoms with Crippen LogP contribution in [0.15, 0.2) is 12.1 Å². The van der Waals surface area contributed by atoms with Crippen LogP contribution in [0.25, 0.3) is 0 Å². The van der Waals surface area contributed by atoms with Gasteiger partial charge in [-0.25, -0.2) is 8.78 Å². The normalized spacial score (nSPS) is 12.6. The van der Waals surface area contributed by atoms with Gasteiger partial charge < -0.3 is 10.5 Å². The first kappa shape index (κ1) is 12.9. The minimum atomic E-state index is -0.667. The Kier molecular flexibility index (Phi) is 4.68. The van der Waals surface area contributed by atoms with Crippen molar-refractivity contribution in [3.05, 3.63) is 29.3 Å². The topological polar surface area (TPSA) is 35.2 Å². The van der Waals surface area contributed by atoms with Crippen LogP contribution in [0.1, 0.15) is 25.8 Å². The molecule has 4 heteroatoms. The summed E-state index contributed by atoms with van der Waals surface area (Å²) in [5, 5.41) is 0. The van der Waals surface area contributed by atoms with Crippen molar-refractivity contribution < 1.29 is 13.5 Å². The van der Waals surface area contributed by atoms with Crippen LogP contribution in [0.2, 0.25) is 0 Å². The summed E-state index contributed by atoms with van der Waals surface area (Å²) in [5.74, 6) is -1.64. The molecule has 0 spiro atoms. The Labute approximate surface area is 94.4 Å². The van der Waals surface area contributed by atoms with Gasteiger partial charge in [0.2, 0.25) is 0 Å². The minimum Gasteiger partial charge on any atom is -0.488 e. The van der Waals surface area contributed by atoms with Crippen molar-refractivity contribution in [2.45, 2.75) is 32.7 Å². The predicted octanol–water partition coefficient (Wildman–Crippen LogP) is 2.64. The van der Waals surface area contributed by atoms with Gasteiger partial charge in [-0.2, -0.15) is 0 Å². The van der Waals surface area contributed by atoms with Gasteiger partial charge >= 0.3 is 0 Å². The molecule has 0 aliphatic heterocycles.